The normalized spacial score (nSPS) is 37.9. The van der Waals surface area contributed by atoms with Gasteiger partial charge in [0.1, 0.15) is 17.2 Å². The number of carboxylic acid groups (broad SMARTS) is 1. The summed E-state index contributed by atoms with van der Waals surface area (Å²) in [4.78, 5) is 26.4. The van der Waals surface area contributed by atoms with Gasteiger partial charge in [0.05, 0.1) is 11.2 Å². The zero-order valence-corrected chi connectivity index (χ0v) is 15.0. The Morgan fingerprint density at radius 1 is 1.30 bits per heavy atom. The Morgan fingerprint density at radius 2 is 1.93 bits per heavy atom. The largest absolute Gasteiger partial charge is 0.481 e. The molecule has 3 aliphatic heterocycles. The number of nitrogens with zero attached hydrogens (tertiary/aromatic N) is 3. The van der Waals surface area contributed by atoms with Crippen LogP contribution in [0, 0.1) is 5.41 Å². The lowest BCUT2D eigenvalue weighted by Gasteiger charge is -2.46. The van der Waals surface area contributed by atoms with E-state index in [1.54, 1.807) is 4.90 Å². The fourth-order valence-corrected chi connectivity index (χ4v) is 5.54. The van der Waals surface area contributed by atoms with Crippen LogP contribution < -0.4 is 0 Å². The van der Waals surface area contributed by atoms with E-state index in [-0.39, 0.29) is 23.6 Å². The van der Waals surface area contributed by atoms with Crippen LogP contribution in [0.15, 0.2) is 12.3 Å². The van der Waals surface area contributed by atoms with E-state index in [0.29, 0.717) is 38.8 Å². The molecule has 1 N–H and O–H groups in total. The number of aromatic nitrogens is 2. The van der Waals surface area contributed by atoms with Crippen molar-refractivity contribution in [1.29, 1.82) is 0 Å². The van der Waals surface area contributed by atoms with Gasteiger partial charge in [-0.3, -0.25) is 14.3 Å². The monoisotopic (exact) mass is 381 g/mol. The molecule has 1 atom stereocenters. The van der Waals surface area contributed by atoms with Gasteiger partial charge in [0, 0.05) is 25.7 Å². The van der Waals surface area contributed by atoms with Crippen molar-refractivity contribution in [2.45, 2.75) is 62.2 Å². The minimum Gasteiger partial charge on any atom is -0.481 e. The average Bonchev–Trinajstić information content (AvgIpc) is 2.92. The second-order valence-corrected chi connectivity index (χ2v) is 8.72. The smallest absolute Gasteiger partial charge is 0.312 e. The number of amides is 1. The molecule has 2 saturated carbocycles. The van der Waals surface area contributed by atoms with E-state index in [9.17, 15) is 23.5 Å². The lowest BCUT2D eigenvalue weighted by Crippen LogP contribution is -2.58. The molecule has 1 amide bonds. The number of halogens is 2. The molecule has 2 aliphatic carbocycles. The number of likely N-dealkylation sites (tertiary alicyclic amines) is 1. The SMILES string of the molecule is CC12CC(C(=O)O)(C1)C1(CCN(C(=O)c3ccnn3C3CC3(F)F)CC1)O2. The molecular formula is C18H21F2N3O4. The van der Waals surface area contributed by atoms with Crippen LogP contribution in [0.25, 0.3) is 0 Å². The Kier molecular flexibility index (Phi) is 3.08. The highest BCUT2D eigenvalue weighted by Crippen LogP contribution is 2.69. The van der Waals surface area contributed by atoms with Gasteiger partial charge in [0.25, 0.3) is 11.8 Å². The third-order valence-electron chi connectivity index (χ3n) is 6.91. The van der Waals surface area contributed by atoms with Crippen LogP contribution in [-0.2, 0) is 9.53 Å². The molecule has 1 spiro atoms. The Bertz CT molecular complexity index is 837. The summed E-state index contributed by atoms with van der Waals surface area (Å²) in [5, 5.41) is 13.7. The second-order valence-electron chi connectivity index (χ2n) is 8.72. The third kappa shape index (κ3) is 2.11. The maximum Gasteiger partial charge on any atom is 0.312 e. The van der Waals surface area contributed by atoms with Crippen LogP contribution in [0.4, 0.5) is 8.78 Å². The van der Waals surface area contributed by atoms with Gasteiger partial charge in [-0.25, -0.2) is 8.78 Å². The van der Waals surface area contributed by atoms with Crippen LogP contribution in [0.1, 0.15) is 55.6 Å². The first-order valence-corrected chi connectivity index (χ1v) is 9.26. The first-order valence-electron chi connectivity index (χ1n) is 9.26. The lowest BCUT2D eigenvalue weighted by molar-refractivity contribution is -0.160. The summed E-state index contributed by atoms with van der Waals surface area (Å²) < 4.78 is 34.1. The molecule has 1 aromatic heterocycles. The van der Waals surface area contributed by atoms with Crippen molar-refractivity contribution in [3.8, 4) is 0 Å². The number of carbonyl (C=O) groups is 2. The lowest BCUT2D eigenvalue weighted by atomic mass is 9.54. The summed E-state index contributed by atoms with van der Waals surface area (Å²) in [5.41, 5.74) is -1.84. The molecule has 2 bridgehead atoms. The molecule has 1 aromatic rings. The molecule has 6 rings (SSSR count). The summed E-state index contributed by atoms with van der Waals surface area (Å²) >= 11 is 0. The van der Waals surface area contributed by atoms with E-state index in [1.165, 1.54) is 12.3 Å². The predicted octanol–water partition coefficient (Wildman–Crippen LogP) is 2.09. The van der Waals surface area contributed by atoms with Crippen molar-refractivity contribution < 1.29 is 28.2 Å². The zero-order valence-electron chi connectivity index (χ0n) is 15.0. The minimum atomic E-state index is -2.81. The molecule has 27 heavy (non-hydrogen) atoms. The first-order chi connectivity index (χ1) is 12.6. The van der Waals surface area contributed by atoms with Gasteiger partial charge in [-0.2, -0.15) is 5.10 Å². The van der Waals surface area contributed by atoms with Crippen molar-refractivity contribution in [2.75, 3.05) is 13.1 Å². The van der Waals surface area contributed by atoms with Gasteiger partial charge in [-0.05, 0) is 38.7 Å². The minimum absolute atomic E-state index is 0.157. The van der Waals surface area contributed by atoms with E-state index in [1.807, 2.05) is 6.92 Å². The zero-order chi connectivity index (χ0) is 19.2. The Morgan fingerprint density at radius 3 is 2.48 bits per heavy atom. The highest BCUT2D eigenvalue weighted by Gasteiger charge is 2.76. The summed E-state index contributed by atoms with van der Waals surface area (Å²) in [6, 6.07) is 0.410. The van der Waals surface area contributed by atoms with Gasteiger partial charge in [0.2, 0.25) is 0 Å². The molecule has 9 heteroatoms. The maximum atomic E-state index is 13.4. The number of hydrogen-bond acceptors (Lipinski definition) is 4. The van der Waals surface area contributed by atoms with Gasteiger partial charge < -0.3 is 14.7 Å². The summed E-state index contributed by atoms with van der Waals surface area (Å²) in [5.74, 6) is -3.98. The first kappa shape index (κ1) is 17.1. The van der Waals surface area contributed by atoms with Gasteiger partial charge in [0.15, 0.2) is 0 Å². The third-order valence-corrected chi connectivity index (χ3v) is 6.91. The van der Waals surface area contributed by atoms with E-state index in [2.05, 4.69) is 5.10 Å². The Balaban J connectivity index is 1.33. The van der Waals surface area contributed by atoms with E-state index in [4.69, 9.17) is 4.74 Å². The van der Waals surface area contributed by atoms with Gasteiger partial charge >= 0.3 is 5.97 Å². The Labute approximate surface area is 154 Å². The predicted molar refractivity (Wildman–Crippen MR) is 87.5 cm³/mol. The van der Waals surface area contributed by atoms with Crippen molar-refractivity contribution >= 4 is 11.9 Å². The number of hydrogen-bond donors (Lipinski definition) is 1. The number of aliphatic carboxylic acids is 1. The Hall–Kier alpha value is -2.03. The molecule has 1 unspecified atom stereocenters. The quantitative estimate of drug-likeness (QED) is 0.867. The van der Waals surface area contributed by atoms with Crippen molar-refractivity contribution in [2.24, 2.45) is 5.41 Å². The molecule has 7 nitrogen and oxygen atoms in total. The fourth-order valence-electron chi connectivity index (χ4n) is 5.54. The molecule has 5 aliphatic rings. The van der Waals surface area contributed by atoms with Gasteiger partial charge in [-0.1, -0.05) is 0 Å². The summed E-state index contributed by atoms with van der Waals surface area (Å²) in [6.07, 6.45) is 2.95. The number of alkyl halides is 2. The van der Waals surface area contributed by atoms with Crippen LogP contribution in [0.5, 0.6) is 0 Å². The number of carbonyl (C=O) groups excluding carboxylic acids is 1. The number of piperidine rings is 1. The highest BCUT2D eigenvalue weighted by molar-refractivity contribution is 5.92. The topological polar surface area (TPSA) is 84.7 Å². The van der Waals surface area contributed by atoms with Crippen LogP contribution in [-0.4, -0.2) is 61.9 Å². The highest BCUT2D eigenvalue weighted by atomic mass is 19.3. The molecular weight excluding hydrogens is 360 g/mol. The van der Waals surface area contributed by atoms with Crippen molar-refractivity contribution in [1.82, 2.24) is 14.7 Å². The van der Waals surface area contributed by atoms with Gasteiger partial charge in [-0.15, -0.1) is 0 Å². The fraction of sp³-hybridized carbons (Fsp3) is 0.722. The molecule has 146 valence electrons. The van der Waals surface area contributed by atoms with Crippen molar-refractivity contribution in [3.05, 3.63) is 18.0 Å². The van der Waals surface area contributed by atoms with E-state index < -0.39 is 28.9 Å². The van der Waals surface area contributed by atoms with Crippen molar-refractivity contribution in [3.63, 3.8) is 0 Å². The molecule has 3 saturated heterocycles. The molecule has 5 fully saturated rings. The number of carboxylic acids is 1. The second kappa shape index (κ2) is 4.87. The van der Waals surface area contributed by atoms with Crippen LogP contribution >= 0.6 is 0 Å². The van der Waals surface area contributed by atoms with E-state index in [0.717, 1.165) is 4.68 Å². The molecule has 0 aromatic carbocycles. The summed E-state index contributed by atoms with van der Waals surface area (Å²) in [6.45, 7) is 2.63. The molecule has 0 radical (unpaired) electrons. The standard InChI is InChI=1S/C18H21F2N3O4/c1-15-9-16(10-15,14(25)26)17(27-15)3-6-22(7-4-17)13(24)11-2-5-21-23(11)12-8-18(12,19)20/h2,5,12H,3-4,6-10H2,1H3,(H,25,26). The summed E-state index contributed by atoms with van der Waals surface area (Å²) in [7, 11) is 0. The average molecular weight is 381 g/mol. The maximum absolute atomic E-state index is 13.4. The number of ether oxygens (including phenoxy) is 1. The van der Waals surface area contributed by atoms with E-state index >= 15 is 0 Å². The van der Waals surface area contributed by atoms with Crippen LogP contribution in [0.3, 0.4) is 0 Å². The van der Waals surface area contributed by atoms with Crippen LogP contribution in [0.2, 0.25) is 0 Å². The number of rotatable bonds is 3. The molecule has 4 heterocycles.